The van der Waals surface area contributed by atoms with E-state index in [1.165, 1.54) is 0 Å². The molecule has 0 radical (unpaired) electrons. The standard InChI is InChI=1S/C18H14N2O2/c21-20(22)18-13-15(14-7-3-1-4-8-14)11-12-17(18)19-16-9-5-2-6-10-16/h1-13,19H. The number of rotatable bonds is 4. The van der Waals surface area contributed by atoms with Crippen LogP contribution in [0.1, 0.15) is 0 Å². The Kier molecular flexibility index (Phi) is 3.83. The molecule has 0 amide bonds. The van der Waals surface area contributed by atoms with Gasteiger partial charge in [0.1, 0.15) is 5.69 Å². The van der Waals surface area contributed by atoms with Gasteiger partial charge in [0, 0.05) is 11.8 Å². The quantitative estimate of drug-likeness (QED) is 0.543. The van der Waals surface area contributed by atoms with E-state index in [9.17, 15) is 10.1 Å². The molecule has 4 heteroatoms. The summed E-state index contributed by atoms with van der Waals surface area (Å²) in [7, 11) is 0. The lowest BCUT2D eigenvalue weighted by Crippen LogP contribution is -1.97. The maximum Gasteiger partial charge on any atom is 0.293 e. The molecule has 3 aromatic carbocycles. The average molecular weight is 290 g/mol. The first-order valence-corrected chi connectivity index (χ1v) is 6.90. The van der Waals surface area contributed by atoms with Crippen LogP contribution in [0.5, 0.6) is 0 Å². The second kappa shape index (κ2) is 6.10. The fourth-order valence-electron chi connectivity index (χ4n) is 2.28. The van der Waals surface area contributed by atoms with Gasteiger partial charge in [0.05, 0.1) is 4.92 Å². The SMILES string of the molecule is O=[N+]([O-])c1cc(-c2ccccc2)ccc1Nc1ccccc1. The first-order chi connectivity index (χ1) is 10.7. The number of nitro benzene ring substituents is 1. The van der Waals surface area contributed by atoms with Crippen LogP contribution < -0.4 is 5.32 Å². The van der Waals surface area contributed by atoms with Gasteiger partial charge in [-0.3, -0.25) is 10.1 Å². The van der Waals surface area contributed by atoms with Crippen LogP contribution in [0.25, 0.3) is 11.1 Å². The monoisotopic (exact) mass is 290 g/mol. The molecule has 0 saturated heterocycles. The number of hydrogen-bond acceptors (Lipinski definition) is 3. The summed E-state index contributed by atoms with van der Waals surface area (Å²) in [5.41, 5.74) is 3.14. The van der Waals surface area contributed by atoms with Crippen molar-refractivity contribution in [1.82, 2.24) is 0 Å². The van der Waals surface area contributed by atoms with Crippen molar-refractivity contribution < 1.29 is 4.92 Å². The highest BCUT2D eigenvalue weighted by atomic mass is 16.6. The molecule has 4 nitrogen and oxygen atoms in total. The molecule has 3 aromatic rings. The van der Waals surface area contributed by atoms with Crippen molar-refractivity contribution in [3.63, 3.8) is 0 Å². The van der Waals surface area contributed by atoms with Gasteiger partial charge in [0.15, 0.2) is 0 Å². The number of nitrogens with one attached hydrogen (secondary N) is 1. The van der Waals surface area contributed by atoms with Crippen molar-refractivity contribution in [3.8, 4) is 11.1 Å². The molecule has 0 heterocycles. The molecule has 0 aliphatic heterocycles. The molecular formula is C18H14N2O2. The highest BCUT2D eigenvalue weighted by Gasteiger charge is 2.15. The zero-order chi connectivity index (χ0) is 15.4. The van der Waals surface area contributed by atoms with Gasteiger partial charge in [-0.1, -0.05) is 54.6 Å². The molecule has 0 atom stereocenters. The van der Waals surface area contributed by atoms with Gasteiger partial charge in [-0.15, -0.1) is 0 Å². The van der Waals surface area contributed by atoms with Crippen LogP contribution in [-0.4, -0.2) is 4.92 Å². The predicted octanol–water partition coefficient (Wildman–Crippen LogP) is 5.01. The molecule has 1 N–H and O–H groups in total. The fraction of sp³-hybridized carbons (Fsp3) is 0. The van der Waals surface area contributed by atoms with Gasteiger partial charge in [-0.25, -0.2) is 0 Å². The van der Waals surface area contributed by atoms with Crippen LogP contribution in [-0.2, 0) is 0 Å². The van der Waals surface area contributed by atoms with E-state index in [2.05, 4.69) is 5.32 Å². The van der Waals surface area contributed by atoms with E-state index in [0.717, 1.165) is 16.8 Å². The van der Waals surface area contributed by atoms with E-state index in [4.69, 9.17) is 0 Å². The summed E-state index contributed by atoms with van der Waals surface area (Å²) in [6, 6.07) is 24.2. The Labute approximate surface area is 128 Å². The van der Waals surface area contributed by atoms with E-state index in [0.29, 0.717) is 5.69 Å². The minimum atomic E-state index is -0.363. The number of hydrogen-bond donors (Lipinski definition) is 1. The number of para-hydroxylation sites is 1. The van der Waals surface area contributed by atoms with Crippen molar-refractivity contribution >= 4 is 17.1 Å². The molecule has 0 spiro atoms. The third kappa shape index (κ3) is 2.96. The predicted molar refractivity (Wildman–Crippen MR) is 88.3 cm³/mol. The lowest BCUT2D eigenvalue weighted by Gasteiger charge is -2.09. The maximum atomic E-state index is 11.4. The molecule has 0 unspecified atom stereocenters. The van der Waals surface area contributed by atoms with E-state index in [1.54, 1.807) is 12.1 Å². The maximum absolute atomic E-state index is 11.4. The Morgan fingerprint density at radius 2 is 1.41 bits per heavy atom. The number of anilines is 2. The summed E-state index contributed by atoms with van der Waals surface area (Å²) in [6.07, 6.45) is 0. The smallest absolute Gasteiger partial charge is 0.293 e. The zero-order valence-electron chi connectivity index (χ0n) is 11.8. The van der Waals surface area contributed by atoms with Crippen molar-refractivity contribution in [2.24, 2.45) is 0 Å². The normalized spacial score (nSPS) is 10.2. The fourth-order valence-corrected chi connectivity index (χ4v) is 2.28. The van der Waals surface area contributed by atoms with E-state index < -0.39 is 0 Å². The van der Waals surface area contributed by atoms with Gasteiger partial charge in [0.2, 0.25) is 0 Å². The van der Waals surface area contributed by atoms with Gasteiger partial charge < -0.3 is 5.32 Å². The number of nitrogens with zero attached hydrogens (tertiary/aromatic N) is 1. The molecule has 22 heavy (non-hydrogen) atoms. The van der Waals surface area contributed by atoms with Crippen LogP contribution in [0.3, 0.4) is 0 Å². The summed E-state index contributed by atoms with van der Waals surface area (Å²) in [6.45, 7) is 0. The first kappa shape index (κ1) is 13.8. The second-order valence-electron chi connectivity index (χ2n) is 4.85. The van der Waals surface area contributed by atoms with Gasteiger partial charge >= 0.3 is 0 Å². The molecule has 0 aromatic heterocycles. The average Bonchev–Trinajstić information content (AvgIpc) is 2.57. The summed E-state index contributed by atoms with van der Waals surface area (Å²) in [4.78, 5) is 11.0. The van der Waals surface area contributed by atoms with E-state index in [1.807, 2.05) is 66.7 Å². The molecule has 108 valence electrons. The largest absolute Gasteiger partial charge is 0.350 e. The molecule has 0 aliphatic rings. The second-order valence-corrected chi connectivity index (χ2v) is 4.85. The van der Waals surface area contributed by atoms with Crippen LogP contribution in [0.4, 0.5) is 17.1 Å². The lowest BCUT2D eigenvalue weighted by atomic mass is 10.0. The highest BCUT2D eigenvalue weighted by Crippen LogP contribution is 2.32. The molecular weight excluding hydrogens is 276 g/mol. The first-order valence-electron chi connectivity index (χ1n) is 6.90. The summed E-state index contributed by atoms with van der Waals surface area (Å²) in [5, 5.41) is 14.5. The Morgan fingerprint density at radius 1 is 0.773 bits per heavy atom. The van der Waals surface area contributed by atoms with Crippen LogP contribution in [0.2, 0.25) is 0 Å². The number of benzene rings is 3. The third-order valence-corrected chi connectivity index (χ3v) is 3.35. The van der Waals surface area contributed by atoms with Crippen molar-refractivity contribution in [2.75, 3.05) is 5.32 Å². The third-order valence-electron chi connectivity index (χ3n) is 3.35. The summed E-state index contributed by atoms with van der Waals surface area (Å²) < 4.78 is 0. The molecule has 0 aliphatic carbocycles. The minimum Gasteiger partial charge on any atom is -0.350 e. The van der Waals surface area contributed by atoms with Crippen molar-refractivity contribution in [3.05, 3.63) is 89.0 Å². The van der Waals surface area contributed by atoms with Crippen LogP contribution >= 0.6 is 0 Å². The molecule has 0 saturated carbocycles. The van der Waals surface area contributed by atoms with Crippen LogP contribution in [0, 0.1) is 10.1 Å². The van der Waals surface area contributed by atoms with Gasteiger partial charge in [-0.05, 0) is 29.3 Å². The minimum absolute atomic E-state index is 0.0604. The Balaban J connectivity index is 2.00. The Morgan fingerprint density at radius 3 is 2.05 bits per heavy atom. The van der Waals surface area contributed by atoms with Gasteiger partial charge in [-0.2, -0.15) is 0 Å². The summed E-state index contributed by atoms with van der Waals surface area (Å²) in [5.74, 6) is 0. The highest BCUT2D eigenvalue weighted by molar-refractivity contribution is 5.76. The molecule has 0 bridgehead atoms. The Bertz CT molecular complexity index is 787. The van der Waals surface area contributed by atoms with Crippen molar-refractivity contribution in [2.45, 2.75) is 0 Å². The van der Waals surface area contributed by atoms with Crippen molar-refractivity contribution in [1.29, 1.82) is 0 Å². The van der Waals surface area contributed by atoms with E-state index in [-0.39, 0.29) is 10.6 Å². The Hall–Kier alpha value is -3.14. The molecule has 0 fully saturated rings. The van der Waals surface area contributed by atoms with E-state index >= 15 is 0 Å². The molecule has 3 rings (SSSR count). The number of nitro groups is 1. The summed E-state index contributed by atoms with van der Waals surface area (Å²) >= 11 is 0. The topological polar surface area (TPSA) is 55.2 Å². The zero-order valence-corrected chi connectivity index (χ0v) is 11.8. The van der Waals surface area contributed by atoms with Gasteiger partial charge in [0.25, 0.3) is 5.69 Å². The lowest BCUT2D eigenvalue weighted by molar-refractivity contribution is -0.383. The van der Waals surface area contributed by atoms with Crippen LogP contribution in [0.15, 0.2) is 78.9 Å².